The number of nitrogens with zero attached hydrogens (tertiary/aromatic N) is 1. The van der Waals surface area contributed by atoms with Gasteiger partial charge in [0.1, 0.15) is 10.7 Å². The number of nitrogens with one attached hydrogen (secondary N) is 1. The molecule has 1 aromatic heterocycles. The minimum Gasteiger partial charge on any atom is -0.493 e. The second-order valence-corrected chi connectivity index (χ2v) is 10.1. The first-order valence-corrected chi connectivity index (χ1v) is 12.3. The molecular weight excluding hydrogens is 452 g/mol. The van der Waals surface area contributed by atoms with Crippen LogP contribution in [0.15, 0.2) is 51.8 Å². The summed E-state index contributed by atoms with van der Waals surface area (Å²) in [6.45, 7) is 2.71. The van der Waals surface area contributed by atoms with Gasteiger partial charge in [0, 0.05) is 24.0 Å². The predicted molar refractivity (Wildman–Crippen MR) is 123 cm³/mol. The molecule has 1 aliphatic heterocycles. The highest BCUT2D eigenvalue weighted by atomic mass is 35.5. The van der Waals surface area contributed by atoms with Gasteiger partial charge in [0.05, 0.1) is 18.2 Å². The van der Waals surface area contributed by atoms with E-state index in [4.69, 9.17) is 20.8 Å². The number of piperidine rings is 1. The number of rotatable bonds is 6. The van der Waals surface area contributed by atoms with Crippen molar-refractivity contribution in [2.75, 3.05) is 20.2 Å². The molecule has 0 aliphatic carbocycles. The lowest BCUT2D eigenvalue weighted by Crippen LogP contribution is -2.36. The van der Waals surface area contributed by atoms with E-state index in [0.29, 0.717) is 30.2 Å². The Balaban J connectivity index is 1.57. The fourth-order valence-corrected chi connectivity index (χ4v) is 5.89. The van der Waals surface area contributed by atoms with E-state index in [0.717, 1.165) is 24.6 Å². The van der Waals surface area contributed by atoms with Crippen LogP contribution < -0.4 is 10.1 Å². The number of benzene rings is 2. The van der Waals surface area contributed by atoms with Crippen LogP contribution >= 0.6 is 11.6 Å². The van der Waals surface area contributed by atoms with Gasteiger partial charge in [-0.15, -0.1) is 0 Å². The third-order valence-electron chi connectivity index (χ3n) is 5.65. The molecule has 3 aromatic rings. The summed E-state index contributed by atoms with van der Waals surface area (Å²) in [6.07, 6.45) is 2.64. The lowest BCUT2D eigenvalue weighted by molar-refractivity contribution is 0.0935. The Kier molecular flexibility index (Phi) is 6.46. The van der Waals surface area contributed by atoms with Crippen molar-refractivity contribution >= 4 is 38.5 Å². The Morgan fingerprint density at radius 2 is 1.91 bits per heavy atom. The fraction of sp³-hybridized carbons (Fsp3) is 0.348. The van der Waals surface area contributed by atoms with Gasteiger partial charge in [0.2, 0.25) is 10.0 Å². The smallest absolute Gasteiger partial charge is 0.251 e. The van der Waals surface area contributed by atoms with Crippen molar-refractivity contribution in [3.63, 3.8) is 0 Å². The van der Waals surface area contributed by atoms with Gasteiger partial charge in [-0.05, 0) is 50.1 Å². The number of halogens is 1. The quantitative estimate of drug-likeness (QED) is 0.554. The maximum absolute atomic E-state index is 13.1. The van der Waals surface area contributed by atoms with E-state index in [-0.39, 0.29) is 15.5 Å². The molecule has 1 N–H and O–H groups in total. The number of fused-ring (bicyclic) bond motifs is 1. The van der Waals surface area contributed by atoms with Gasteiger partial charge in [-0.2, -0.15) is 4.31 Å². The summed E-state index contributed by atoms with van der Waals surface area (Å²) in [5.74, 6) is 0.752. The van der Waals surface area contributed by atoms with E-state index in [1.54, 1.807) is 20.1 Å². The molecule has 0 radical (unpaired) electrons. The number of para-hydroxylation sites is 1. The minimum absolute atomic E-state index is 0.0464. The number of amides is 1. The standard InChI is InChI=1S/C23H25ClN2O5S/c1-15(20-13-16-7-6-8-19(30-2)22(16)31-20)25-23(27)17-9-10-18(24)21(14-17)32(28,29)26-11-4-3-5-12-26/h6-10,13-15H,3-5,11-12H2,1-2H3,(H,25,27). The average Bonchev–Trinajstić information content (AvgIpc) is 3.24. The molecule has 4 rings (SSSR count). The maximum Gasteiger partial charge on any atom is 0.251 e. The second-order valence-electron chi connectivity index (χ2n) is 7.83. The van der Waals surface area contributed by atoms with E-state index >= 15 is 0 Å². The van der Waals surface area contributed by atoms with E-state index in [1.165, 1.54) is 22.5 Å². The summed E-state index contributed by atoms with van der Waals surface area (Å²) >= 11 is 6.22. The Bertz CT molecular complexity index is 1250. The molecule has 170 valence electrons. The SMILES string of the molecule is COc1cccc2cc(C(C)NC(=O)c3ccc(Cl)c(S(=O)(=O)N4CCCCC4)c3)oc12. The van der Waals surface area contributed by atoms with Crippen molar-refractivity contribution in [1.29, 1.82) is 0 Å². The van der Waals surface area contributed by atoms with Gasteiger partial charge in [-0.3, -0.25) is 4.79 Å². The van der Waals surface area contributed by atoms with Gasteiger partial charge in [0.25, 0.3) is 5.91 Å². The number of methoxy groups -OCH3 is 1. The number of hydrogen-bond donors (Lipinski definition) is 1. The van der Waals surface area contributed by atoms with Crippen LogP contribution in [0.3, 0.4) is 0 Å². The van der Waals surface area contributed by atoms with Crippen LogP contribution in [0, 0.1) is 0 Å². The van der Waals surface area contributed by atoms with Gasteiger partial charge in [-0.1, -0.05) is 30.2 Å². The monoisotopic (exact) mass is 476 g/mol. The summed E-state index contributed by atoms with van der Waals surface area (Å²) in [5.41, 5.74) is 0.818. The normalized spacial score (nSPS) is 16.1. The zero-order valence-electron chi connectivity index (χ0n) is 17.9. The molecule has 0 saturated carbocycles. The van der Waals surface area contributed by atoms with E-state index in [9.17, 15) is 13.2 Å². The largest absolute Gasteiger partial charge is 0.493 e. The molecular formula is C23H25ClN2O5S. The van der Waals surface area contributed by atoms with Gasteiger partial charge in [0.15, 0.2) is 11.3 Å². The summed E-state index contributed by atoms with van der Waals surface area (Å²) in [4.78, 5) is 12.9. The summed E-state index contributed by atoms with van der Waals surface area (Å²) in [5, 5.41) is 3.83. The molecule has 32 heavy (non-hydrogen) atoms. The number of carbonyl (C=O) groups excluding carboxylic acids is 1. The molecule has 1 amide bonds. The molecule has 1 saturated heterocycles. The fourth-order valence-electron chi connectivity index (χ4n) is 3.87. The van der Waals surface area contributed by atoms with Crippen molar-refractivity contribution in [3.05, 3.63) is 58.8 Å². The van der Waals surface area contributed by atoms with Gasteiger partial charge in [-0.25, -0.2) is 8.42 Å². The molecule has 1 unspecified atom stereocenters. The summed E-state index contributed by atoms with van der Waals surface area (Å²) in [6, 6.07) is 11.3. The topological polar surface area (TPSA) is 88.8 Å². The zero-order valence-corrected chi connectivity index (χ0v) is 19.5. The first-order chi connectivity index (χ1) is 15.3. The molecule has 0 bridgehead atoms. The predicted octanol–water partition coefficient (Wildman–Crippen LogP) is 4.76. The lowest BCUT2D eigenvalue weighted by Gasteiger charge is -2.26. The lowest BCUT2D eigenvalue weighted by atomic mass is 10.1. The number of hydrogen-bond acceptors (Lipinski definition) is 5. The third-order valence-corrected chi connectivity index (χ3v) is 8.03. The number of carbonyl (C=O) groups is 1. The van der Waals surface area contributed by atoms with Gasteiger partial charge < -0.3 is 14.5 Å². The van der Waals surface area contributed by atoms with E-state index in [1.807, 2.05) is 18.2 Å². The minimum atomic E-state index is -3.77. The molecule has 0 spiro atoms. The van der Waals surface area contributed by atoms with Crippen LogP contribution in [0.25, 0.3) is 11.0 Å². The molecule has 2 heterocycles. The average molecular weight is 477 g/mol. The molecule has 1 atom stereocenters. The highest BCUT2D eigenvalue weighted by molar-refractivity contribution is 7.89. The van der Waals surface area contributed by atoms with Crippen molar-refractivity contribution < 1.29 is 22.4 Å². The maximum atomic E-state index is 13.1. The molecule has 7 nitrogen and oxygen atoms in total. The summed E-state index contributed by atoms with van der Waals surface area (Å²) < 4.78 is 38.8. The first-order valence-electron chi connectivity index (χ1n) is 10.5. The number of ether oxygens (including phenoxy) is 1. The molecule has 9 heteroatoms. The van der Waals surface area contributed by atoms with Crippen LogP contribution in [0.1, 0.15) is 48.3 Å². The molecule has 2 aromatic carbocycles. The zero-order chi connectivity index (χ0) is 22.9. The Labute approximate surface area is 192 Å². The summed E-state index contributed by atoms with van der Waals surface area (Å²) in [7, 11) is -2.20. The first kappa shape index (κ1) is 22.6. The van der Waals surface area contributed by atoms with E-state index < -0.39 is 22.0 Å². The Morgan fingerprint density at radius 1 is 1.16 bits per heavy atom. The highest BCUT2D eigenvalue weighted by Crippen LogP contribution is 2.31. The van der Waals surface area contributed by atoms with Crippen molar-refractivity contribution in [3.8, 4) is 5.75 Å². The van der Waals surface area contributed by atoms with Crippen molar-refractivity contribution in [2.45, 2.75) is 37.1 Å². The molecule has 1 aliphatic rings. The van der Waals surface area contributed by atoms with Crippen LogP contribution in [0.5, 0.6) is 5.75 Å². The van der Waals surface area contributed by atoms with Crippen LogP contribution in [0.4, 0.5) is 0 Å². The highest BCUT2D eigenvalue weighted by Gasteiger charge is 2.29. The second kappa shape index (κ2) is 9.13. The molecule has 1 fully saturated rings. The Morgan fingerprint density at radius 3 is 2.62 bits per heavy atom. The van der Waals surface area contributed by atoms with Crippen molar-refractivity contribution in [1.82, 2.24) is 9.62 Å². The van der Waals surface area contributed by atoms with Crippen LogP contribution in [0.2, 0.25) is 5.02 Å². The number of sulfonamides is 1. The number of furan rings is 1. The van der Waals surface area contributed by atoms with Crippen molar-refractivity contribution in [2.24, 2.45) is 0 Å². The Hall–Kier alpha value is -2.55. The van der Waals surface area contributed by atoms with E-state index in [2.05, 4.69) is 5.32 Å². The van der Waals surface area contributed by atoms with Crippen LogP contribution in [-0.4, -0.2) is 38.8 Å². The van der Waals surface area contributed by atoms with Crippen LogP contribution in [-0.2, 0) is 10.0 Å². The third kappa shape index (κ3) is 4.35. The van der Waals surface area contributed by atoms with Gasteiger partial charge >= 0.3 is 0 Å².